The van der Waals surface area contributed by atoms with Crippen molar-refractivity contribution in [1.82, 2.24) is 15.3 Å². The van der Waals surface area contributed by atoms with Crippen molar-refractivity contribution < 1.29 is 4.74 Å². The van der Waals surface area contributed by atoms with Crippen molar-refractivity contribution in [2.75, 3.05) is 13.2 Å². The maximum Gasteiger partial charge on any atom is 0.137 e. The molecule has 1 atom stereocenters. The van der Waals surface area contributed by atoms with Crippen LogP contribution in [-0.4, -0.2) is 23.1 Å². The zero-order valence-corrected chi connectivity index (χ0v) is 12.4. The van der Waals surface area contributed by atoms with Crippen LogP contribution in [0.4, 0.5) is 0 Å². The van der Waals surface area contributed by atoms with Crippen molar-refractivity contribution in [2.24, 2.45) is 0 Å². The summed E-state index contributed by atoms with van der Waals surface area (Å²) in [6.45, 7) is 5.46. The highest BCUT2D eigenvalue weighted by Gasteiger charge is 2.15. The van der Waals surface area contributed by atoms with E-state index >= 15 is 0 Å². The van der Waals surface area contributed by atoms with Gasteiger partial charge in [-0.3, -0.25) is 9.97 Å². The number of nitrogens with zero attached hydrogens (tertiary/aromatic N) is 2. The minimum Gasteiger partial charge on any atom is -0.492 e. The maximum atomic E-state index is 5.89. The normalized spacial score (nSPS) is 12.2. The van der Waals surface area contributed by atoms with Crippen molar-refractivity contribution in [2.45, 2.75) is 19.9 Å². The van der Waals surface area contributed by atoms with Gasteiger partial charge in [-0.05, 0) is 37.2 Å². The predicted molar refractivity (Wildman–Crippen MR) is 80.2 cm³/mol. The van der Waals surface area contributed by atoms with E-state index in [-0.39, 0.29) is 6.04 Å². The van der Waals surface area contributed by atoms with Crippen molar-refractivity contribution in [3.05, 3.63) is 53.1 Å². The van der Waals surface area contributed by atoms with Gasteiger partial charge in [-0.1, -0.05) is 18.5 Å². The highest BCUT2D eigenvalue weighted by molar-refractivity contribution is 6.30. The van der Waals surface area contributed by atoms with E-state index in [1.807, 2.05) is 31.3 Å². The SMILES string of the molecule is CCNC(c1cncc(OCC)c1)c1ccc(Cl)cn1. The van der Waals surface area contributed by atoms with Crippen LogP contribution in [0.5, 0.6) is 5.75 Å². The molecule has 0 aliphatic rings. The van der Waals surface area contributed by atoms with Crippen molar-refractivity contribution in [1.29, 1.82) is 0 Å². The molecule has 5 heteroatoms. The Kier molecular flexibility index (Phi) is 5.32. The molecule has 0 bridgehead atoms. The van der Waals surface area contributed by atoms with Gasteiger partial charge in [0.1, 0.15) is 5.75 Å². The fourth-order valence-electron chi connectivity index (χ4n) is 1.99. The minimum absolute atomic E-state index is 0.0230. The molecule has 1 unspecified atom stereocenters. The zero-order chi connectivity index (χ0) is 14.4. The Labute approximate surface area is 124 Å². The summed E-state index contributed by atoms with van der Waals surface area (Å²) in [5, 5.41) is 4.03. The Bertz CT molecular complexity index is 545. The second-order valence-corrected chi connectivity index (χ2v) is 4.72. The van der Waals surface area contributed by atoms with Crippen LogP contribution < -0.4 is 10.1 Å². The Morgan fingerprint density at radius 3 is 2.75 bits per heavy atom. The quantitative estimate of drug-likeness (QED) is 0.888. The summed E-state index contributed by atoms with van der Waals surface area (Å²) in [6, 6.07) is 5.72. The fraction of sp³-hybridized carbons (Fsp3) is 0.333. The van der Waals surface area contributed by atoms with Gasteiger partial charge in [-0.25, -0.2) is 0 Å². The highest BCUT2D eigenvalue weighted by atomic mass is 35.5. The van der Waals surface area contributed by atoms with Crippen LogP contribution in [0.1, 0.15) is 31.1 Å². The lowest BCUT2D eigenvalue weighted by Gasteiger charge is -2.18. The van der Waals surface area contributed by atoms with Crippen LogP contribution in [0, 0.1) is 0 Å². The van der Waals surface area contributed by atoms with E-state index in [2.05, 4.69) is 22.2 Å². The fourth-order valence-corrected chi connectivity index (χ4v) is 2.11. The van der Waals surface area contributed by atoms with Crippen LogP contribution in [0.2, 0.25) is 5.02 Å². The van der Waals surface area contributed by atoms with E-state index < -0.39 is 0 Å². The van der Waals surface area contributed by atoms with Crippen LogP contribution in [0.3, 0.4) is 0 Å². The van der Waals surface area contributed by atoms with E-state index in [1.165, 1.54) is 0 Å². The standard InChI is InChI=1S/C15H18ClN3O/c1-3-18-15(14-6-5-12(16)9-19-14)11-7-13(20-4-2)10-17-8-11/h5-10,15,18H,3-4H2,1-2H3. The summed E-state index contributed by atoms with van der Waals surface area (Å²) in [5.74, 6) is 0.766. The number of rotatable bonds is 6. The lowest BCUT2D eigenvalue weighted by Crippen LogP contribution is -2.23. The Balaban J connectivity index is 2.32. The van der Waals surface area contributed by atoms with Gasteiger partial charge in [0.25, 0.3) is 0 Å². The molecule has 0 fully saturated rings. The van der Waals surface area contributed by atoms with Crippen molar-refractivity contribution in [3.63, 3.8) is 0 Å². The molecule has 0 spiro atoms. The van der Waals surface area contributed by atoms with Crippen LogP contribution in [0.15, 0.2) is 36.8 Å². The third-order valence-corrected chi connectivity index (χ3v) is 3.06. The first-order valence-electron chi connectivity index (χ1n) is 6.67. The van der Waals surface area contributed by atoms with Gasteiger partial charge in [0.05, 0.1) is 29.6 Å². The summed E-state index contributed by atoms with van der Waals surface area (Å²) < 4.78 is 5.50. The van der Waals surface area contributed by atoms with E-state index in [1.54, 1.807) is 12.4 Å². The van der Waals surface area contributed by atoms with Gasteiger partial charge < -0.3 is 10.1 Å². The minimum atomic E-state index is -0.0230. The second-order valence-electron chi connectivity index (χ2n) is 4.28. The molecule has 2 aromatic heterocycles. The van der Waals surface area contributed by atoms with Crippen LogP contribution in [0.25, 0.3) is 0 Å². The number of ether oxygens (including phenoxy) is 1. The molecular weight excluding hydrogens is 274 g/mol. The zero-order valence-electron chi connectivity index (χ0n) is 11.6. The molecule has 20 heavy (non-hydrogen) atoms. The topological polar surface area (TPSA) is 47.0 Å². The van der Waals surface area contributed by atoms with Gasteiger partial charge in [0, 0.05) is 12.4 Å². The molecule has 0 saturated carbocycles. The van der Waals surface area contributed by atoms with E-state index in [0.717, 1.165) is 23.6 Å². The van der Waals surface area contributed by atoms with Gasteiger partial charge in [-0.2, -0.15) is 0 Å². The molecule has 0 aliphatic heterocycles. The van der Waals surface area contributed by atoms with Crippen LogP contribution >= 0.6 is 11.6 Å². The van der Waals surface area contributed by atoms with Gasteiger partial charge >= 0.3 is 0 Å². The summed E-state index contributed by atoms with van der Waals surface area (Å²) in [5.41, 5.74) is 1.93. The van der Waals surface area contributed by atoms with E-state index in [0.29, 0.717) is 11.6 Å². The van der Waals surface area contributed by atoms with Gasteiger partial charge in [0.2, 0.25) is 0 Å². The number of hydrogen-bond acceptors (Lipinski definition) is 4. The first kappa shape index (κ1) is 14.8. The van der Waals surface area contributed by atoms with Gasteiger partial charge in [0.15, 0.2) is 0 Å². The lowest BCUT2D eigenvalue weighted by molar-refractivity contribution is 0.338. The summed E-state index contributed by atoms with van der Waals surface area (Å²) in [7, 11) is 0. The molecule has 1 N–H and O–H groups in total. The largest absolute Gasteiger partial charge is 0.492 e. The Morgan fingerprint density at radius 1 is 1.25 bits per heavy atom. The maximum absolute atomic E-state index is 5.89. The highest BCUT2D eigenvalue weighted by Crippen LogP contribution is 2.23. The Hall–Kier alpha value is -1.65. The lowest BCUT2D eigenvalue weighted by atomic mass is 10.0. The molecule has 0 aliphatic carbocycles. The molecule has 2 heterocycles. The third-order valence-electron chi connectivity index (χ3n) is 2.83. The Morgan fingerprint density at radius 2 is 2.10 bits per heavy atom. The molecule has 4 nitrogen and oxygen atoms in total. The average molecular weight is 292 g/mol. The second kappa shape index (κ2) is 7.22. The number of pyridine rings is 2. The van der Waals surface area contributed by atoms with Crippen molar-refractivity contribution >= 4 is 11.6 Å². The van der Waals surface area contributed by atoms with E-state index in [9.17, 15) is 0 Å². The number of nitrogens with one attached hydrogen (secondary N) is 1. The number of hydrogen-bond donors (Lipinski definition) is 1. The predicted octanol–water partition coefficient (Wildman–Crippen LogP) is 3.23. The molecule has 2 aromatic rings. The third kappa shape index (κ3) is 3.68. The molecular formula is C15H18ClN3O. The molecule has 0 aromatic carbocycles. The summed E-state index contributed by atoms with van der Waals surface area (Å²) >= 11 is 5.89. The average Bonchev–Trinajstić information content (AvgIpc) is 2.47. The van der Waals surface area contributed by atoms with E-state index in [4.69, 9.17) is 16.3 Å². The summed E-state index contributed by atoms with van der Waals surface area (Å²) in [6.07, 6.45) is 5.19. The van der Waals surface area contributed by atoms with Gasteiger partial charge in [-0.15, -0.1) is 0 Å². The molecule has 0 radical (unpaired) electrons. The first-order valence-corrected chi connectivity index (χ1v) is 7.05. The molecule has 2 rings (SSSR count). The number of aromatic nitrogens is 2. The smallest absolute Gasteiger partial charge is 0.137 e. The molecule has 0 amide bonds. The summed E-state index contributed by atoms with van der Waals surface area (Å²) in [4.78, 5) is 8.62. The van der Waals surface area contributed by atoms with Crippen molar-refractivity contribution in [3.8, 4) is 5.75 Å². The monoisotopic (exact) mass is 291 g/mol. The molecule has 106 valence electrons. The molecule has 0 saturated heterocycles. The number of halogens is 1. The first-order chi connectivity index (χ1) is 9.74. The van der Waals surface area contributed by atoms with Crippen LogP contribution in [-0.2, 0) is 0 Å².